The normalized spacial score (nSPS) is 13.4. The molecule has 2 aromatic heterocycles. The Morgan fingerprint density at radius 3 is 1.71 bits per heavy atom. The fraction of sp³-hybridized carbons (Fsp3) is 0.231. The van der Waals surface area contributed by atoms with E-state index in [-0.39, 0.29) is 16.6 Å². The maximum Gasteiger partial charge on any atom is 0.124 e. The highest BCUT2D eigenvalue weighted by atomic mass is 16.3. The Balaban J connectivity index is 1.44. The van der Waals surface area contributed by atoms with Crippen molar-refractivity contribution in [2.24, 2.45) is 0 Å². The number of rotatable bonds is 5. The molecular weight excluding hydrogens is 669 g/mol. The van der Waals surface area contributed by atoms with Crippen LogP contribution < -0.4 is 0 Å². The number of fused-ring (bicyclic) bond motifs is 3. The average Bonchev–Trinajstić information content (AvgIpc) is 3.44. The lowest BCUT2D eigenvalue weighted by molar-refractivity contribution is 0.477. The van der Waals surface area contributed by atoms with Crippen LogP contribution in [0.1, 0.15) is 91.7 Å². The molecule has 0 saturated carbocycles. The third-order valence-electron chi connectivity index (χ3n) is 11.5. The second-order valence-electron chi connectivity index (χ2n) is 17.5. The van der Waals surface area contributed by atoms with Crippen LogP contribution in [0.2, 0.25) is 0 Å². The van der Waals surface area contributed by atoms with Crippen LogP contribution in [0, 0.1) is 20.8 Å². The van der Waals surface area contributed by atoms with Crippen LogP contribution in [-0.4, -0.2) is 15.1 Å². The molecule has 8 rings (SSSR count). The number of para-hydroxylation sites is 1. The first-order valence-corrected chi connectivity index (χ1v) is 19.4. The van der Waals surface area contributed by atoms with Crippen molar-refractivity contribution in [3.05, 3.63) is 184 Å². The maximum absolute atomic E-state index is 11.1. The number of hydrogen-bond acceptors (Lipinski definition) is 3. The minimum Gasteiger partial charge on any atom is -0.507 e. The summed E-state index contributed by atoms with van der Waals surface area (Å²) >= 11 is 0. The van der Waals surface area contributed by atoms with Gasteiger partial charge in [-0.3, -0.25) is 4.98 Å². The van der Waals surface area contributed by atoms with Crippen molar-refractivity contribution in [1.29, 1.82) is 0 Å². The summed E-state index contributed by atoms with van der Waals surface area (Å²) in [5.74, 6) is 0.210. The molecule has 1 N–H and O–H groups in total. The number of nitrogens with zero attached hydrogens (tertiary/aromatic N) is 2. The molecule has 1 aliphatic rings. The Labute approximate surface area is 326 Å². The van der Waals surface area contributed by atoms with Gasteiger partial charge in [-0.2, -0.15) is 0 Å². The molecule has 0 unspecified atom stereocenters. The van der Waals surface area contributed by atoms with Gasteiger partial charge < -0.3 is 5.11 Å². The first-order chi connectivity index (χ1) is 26.2. The molecule has 7 aromatic rings. The average molecular weight is 719 g/mol. The fourth-order valence-electron chi connectivity index (χ4n) is 8.77. The van der Waals surface area contributed by atoms with Gasteiger partial charge in [-0.25, -0.2) is 4.98 Å². The quantitative estimate of drug-likeness (QED) is 0.193. The van der Waals surface area contributed by atoms with Gasteiger partial charge in [-0.1, -0.05) is 132 Å². The Morgan fingerprint density at radius 1 is 0.527 bits per heavy atom. The van der Waals surface area contributed by atoms with Crippen LogP contribution in [0.4, 0.5) is 0 Å². The van der Waals surface area contributed by atoms with Gasteiger partial charge >= 0.3 is 0 Å². The Morgan fingerprint density at radius 2 is 1.13 bits per heavy atom. The predicted molar refractivity (Wildman–Crippen MR) is 229 cm³/mol. The molecule has 2 heterocycles. The van der Waals surface area contributed by atoms with E-state index in [1.165, 1.54) is 55.6 Å². The predicted octanol–water partition coefficient (Wildman–Crippen LogP) is 13.1. The lowest BCUT2D eigenvalue weighted by Gasteiger charge is -2.34. The Hall–Kier alpha value is -5.80. The van der Waals surface area contributed by atoms with Crippen LogP contribution in [0.5, 0.6) is 5.75 Å². The molecule has 1 aliphatic carbocycles. The van der Waals surface area contributed by atoms with E-state index in [4.69, 9.17) is 9.97 Å². The molecule has 3 nitrogen and oxygen atoms in total. The van der Waals surface area contributed by atoms with E-state index in [1.807, 2.05) is 30.5 Å². The number of aryl methyl sites for hydroxylation is 3. The zero-order valence-electron chi connectivity index (χ0n) is 33.5. The van der Waals surface area contributed by atoms with Crippen LogP contribution in [0.3, 0.4) is 0 Å². The van der Waals surface area contributed by atoms with Gasteiger partial charge in [-0.05, 0) is 135 Å². The van der Waals surface area contributed by atoms with E-state index in [0.717, 1.165) is 33.8 Å². The topological polar surface area (TPSA) is 46.0 Å². The van der Waals surface area contributed by atoms with Gasteiger partial charge in [0.15, 0.2) is 0 Å². The number of aromatic nitrogens is 2. The van der Waals surface area contributed by atoms with Crippen LogP contribution >= 0.6 is 0 Å². The first kappa shape index (κ1) is 36.2. The summed E-state index contributed by atoms with van der Waals surface area (Å²) < 4.78 is 0. The number of phenols is 1. The highest BCUT2D eigenvalue weighted by molar-refractivity contribution is 5.88. The van der Waals surface area contributed by atoms with E-state index in [1.54, 1.807) is 6.07 Å². The van der Waals surface area contributed by atoms with Gasteiger partial charge in [0.2, 0.25) is 0 Å². The summed E-state index contributed by atoms with van der Waals surface area (Å²) in [7, 11) is 0. The molecular formula is C52H50N2O. The first-order valence-electron chi connectivity index (χ1n) is 19.4. The van der Waals surface area contributed by atoms with Crippen molar-refractivity contribution in [1.82, 2.24) is 9.97 Å². The van der Waals surface area contributed by atoms with Crippen molar-refractivity contribution >= 4 is 0 Å². The largest absolute Gasteiger partial charge is 0.507 e. The lowest BCUT2D eigenvalue weighted by Crippen LogP contribution is -2.30. The standard InChI is InChI=1S/C52H50N2O/c1-32-25-33(2)49(34(3)26-32)36-28-45(54-46(29-36)42-17-10-11-18-47(42)55)35-15-14-16-39(27-35)52(48-19-12-13-24-53-48)43-30-37(50(4,5)6)20-22-40(43)41-23-21-38(31-44(41)52)51(7,8)9/h10-31,55H,1-9H3. The highest BCUT2D eigenvalue weighted by Crippen LogP contribution is 2.57. The van der Waals surface area contributed by atoms with E-state index in [2.05, 4.69) is 159 Å². The van der Waals surface area contributed by atoms with Crippen LogP contribution in [0.15, 0.2) is 134 Å². The summed E-state index contributed by atoms with van der Waals surface area (Å²) in [6.45, 7) is 20.2. The molecule has 0 bridgehead atoms. The molecule has 0 radical (unpaired) electrons. The van der Waals surface area contributed by atoms with Gasteiger partial charge in [0, 0.05) is 17.3 Å². The molecule has 0 spiro atoms. The summed E-state index contributed by atoms with van der Waals surface area (Å²) in [6, 6.07) is 45.7. The van der Waals surface area contributed by atoms with Crippen molar-refractivity contribution in [3.8, 4) is 50.5 Å². The summed E-state index contributed by atoms with van der Waals surface area (Å²) in [5.41, 5.74) is 18.1. The van der Waals surface area contributed by atoms with Crippen LogP contribution in [-0.2, 0) is 16.2 Å². The minimum atomic E-state index is -0.688. The minimum absolute atomic E-state index is 0.0475. The Bertz CT molecular complexity index is 2510. The highest BCUT2D eigenvalue weighted by Gasteiger charge is 2.48. The summed E-state index contributed by atoms with van der Waals surface area (Å²) in [6.07, 6.45) is 1.93. The molecule has 3 heteroatoms. The van der Waals surface area contributed by atoms with Gasteiger partial charge in [-0.15, -0.1) is 0 Å². The van der Waals surface area contributed by atoms with E-state index >= 15 is 0 Å². The van der Waals surface area contributed by atoms with Crippen molar-refractivity contribution in [2.75, 3.05) is 0 Å². The second kappa shape index (κ2) is 13.2. The molecule has 55 heavy (non-hydrogen) atoms. The Kier molecular flexibility index (Phi) is 8.68. The third kappa shape index (κ3) is 6.16. The molecule has 5 aromatic carbocycles. The van der Waals surface area contributed by atoms with E-state index in [0.29, 0.717) is 5.56 Å². The molecule has 0 atom stereocenters. The van der Waals surface area contributed by atoms with Crippen molar-refractivity contribution < 1.29 is 5.11 Å². The van der Waals surface area contributed by atoms with Crippen molar-refractivity contribution in [3.63, 3.8) is 0 Å². The number of aromatic hydroxyl groups is 1. The molecule has 0 amide bonds. The van der Waals surface area contributed by atoms with Crippen LogP contribution in [0.25, 0.3) is 44.8 Å². The number of hydrogen-bond donors (Lipinski definition) is 1. The molecule has 0 saturated heterocycles. The van der Waals surface area contributed by atoms with Gasteiger partial charge in [0.25, 0.3) is 0 Å². The third-order valence-corrected chi connectivity index (χ3v) is 11.5. The molecule has 0 aliphatic heterocycles. The summed E-state index contributed by atoms with van der Waals surface area (Å²) in [4.78, 5) is 10.5. The van der Waals surface area contributed by atoms with Gasteiger partial charge in [0.1, 0.15) is 5.75 Å². The number of phenolic OH excluding ortho intramolecular Hbond substituents is 1. The summed E-state index contributed by atoms with van der Waals surface area (Å²) in [5, 5.41) is 11.1. The fourth-order valence-corrected chi connectivity index (χ4v) is 8.77. The number of benzene rings is 5. The monoisotopic (exact) mass is 718 g/mol. The molecule has 0 fully saturated rings. The maximum atomic E-state index is 11.1. The number of pyridine rings is 2. The van der Waals surface area contributed by atoms with E-state index in [9.17, 15) is 5.11 Å². The van der Waals surface area contributed by atoms with Gasteiger partial charge in [0.05, 0.1) is 22.5 Å². The van der Waals surface area contributed by atoms with E-state index < -0.39 is 5.41 Å². The SMILES string of the molecule is Cc1cc(C)c(-c2cc(-c3cccc(C4(c5ccccn5)c5cc(C(C)(C)C)ccc5-c5ccc(C(C)(C)C)cc54)c3)nc(-c3ccccc3O)c2)c(C)c1. The molecule has 274 valence electrons. The zero-order valence-corrected chi connectivity index (χ0v) is 33.5. The van der Waals surface area contributed by atoms with Crippen molar-refractivity contribution in [2.45, 2.75) is 78.6 Å². The lowest BCUT2D eigenvalue weighted by atomic mass is 9.68. The second-order valence-corrected chi connectivity index (χ2v) is 17.5. The smallest absolute Gasteiger partial charge is 0.124 e. The zero-order chi connectivity index (χ0) is 38.9.